The van der Waals surface area contributed by atoms with Crippen molar-refractivity contribution in [2.75, 3.05) is 4.90 Å². The van der Waals surface area contributed by atoms with Gasteiger partial charge in [0, 0.05) is 40.1 Å². The Bertz CT molecular complexity index is 3120. The first-order valence-corrected chi connectivity index (χ1v) is 19.4. The largest absolute Gasteiger partial charge is 0.458 e. The van der Waals surface area contributed by atoms with Gasteiger partial charge in [0.1, 0.15) is 57.5 Å². The molecule has 6 aliphatic rings. The second-order valence-electron chi connectivity index (χ2n) is 15.5. The Kier molecular flexibility index (Phi) is 5.66. The van der Waals surface area contributed by atoms with E-state index in [0.717, 1.165) is 118 Å². The van der Waals surface area contributed by atoms with Gasteiger partial charge in [0.05, 0.1) is 0 Å². The zero-order valence-corrected chi connectivity index (χ0v) is 30.2. The highest BCUT2D eigenvalue weighted by atomic mass is 16.5. The Morgan fingerprint density at radius 3 is 1.28 bits per heavy atom. The van der Waals surface area contributed by atoms with Crippen molar-refractivity contribution in [3.63, 3.8) is 0 Å². The van der Waals surface area contributed by atoms with Crippen LogP contribution < -0.4 is 77.7 Å². The van der Waals surface area contributed by atoms with E-state index in [9.17, 15) is 0 Å². The molecule has 6 nitrogen and oxygen atoms in total. The van der Waals surface area contributed by atoms with Crippen LogP contribution in [0.5, 0.6) is 57.5 Å². The minimum atomic E-state index is -0.149. The maximum Gasteiger partial charge on any atom is 0.260 e. The van der Waals surface area contributed by atoms with Crippen LogP contribution >= 0.6 is 0 Å². The van der Waals surface area contributed by atoms with E-state index in [0.29, 0.717) is 0 Å². The Morgan fingerprint density at radius 2 is 0.702 bits per heavy atom. The molecule has 8 aromatic rings. The summed E-state index contributed by atoms with van der Waals surface area (Å²) in [7, 11) is 0. The number of anilines is 3. The molecule has 6 heterocycles. The number of fused-ring (bicyclic) bond motifs is 12. The molecule has 0 amide bonds. The molecule has 57 heavy (non-hydrogen) atoms. The molecule has 262 valence electrons. The maximum atomic E-state index is 6.95. The molecule has 14 rings (SSSR count). The average Bonchev–Trinajstić information content (AvgIpc) is 3.25. The van der Waals surface area contributed by atoms with Crippen molar-refractivity contribution < 1.29 is 23.7 Å². The summed E-state index contributed by atoms with van der Waals surface area (Å²) in [6.45, 7) is -0.285. The summed E-state index contributed by atoms with van der Waals surface area (Å²) in [5.74, 6) is 8.29. The molecule has 0 aliphatic carbocycles. The van der Waals surface area contributed by atoms with Crippen molar-refractivity contribution in [2.45, 2.75) is 0 Å². The first-order chi connectivity index (χ1) is 28.2. The molecule has 0 spiro atoms. The van der Waals surface area contributed by atoms with Crippen LogP contribution in [0.25, 0.3) is 0 Å². The Balaban J connectivity index is 1.05. The summed E-state index contributed by atoms with van der Waals surface area (Å²) in [6, 6.07) is 55.0. The van der Waals surface area contributed by atoms with Crippen molar-refractivity contribution in [3.05, 3.63) is 158 Å². The fourth-order valence-corrected chi connectivity index (χ4v) is 10.3. The number of ether oxygens (including phenoxy) is 5. The third-order valence-electron chi connectivity index (χ3n) is 12.6. The van der Waals surface area contributed by atoms with Gasteiger partial charge in [-0.05, 0) is 98.9 Å². The summed E-state index contributed by atoms with van der Waals surface area (Å²) in [4.78, 5) is 2.37. The summed E-state index contributed by atoms with van der Waals surface area (Å²) in [5, 5.41) is 0. The van der Waals surface area contributed by atoms with Crippen molar-refractivity contribution >= 4 is 86.4 Å². The van der Waals surface area contributed by atoms with Gasteiger partial charge in [0.15, 0.2) is 0 Å². The van der Waals surface area contributed by atoms with Crippen LogP contribution in [-0.2, 0) is 0 Å². The molecule has 0 atom stereocenters. The molecule has 0 fully saturated rings. The lowest BCUT2D eigenvalue weighted by Crippen LogP contribution is -2.64. The molecular formula is C48H26B3NO5. The van der Waals surface area contributed by atoms with Crippen LogP contribution in [0.3, 0.4) is 0 Å². The monoisotopic (exact) mass is 729 g/mol. The molecule has 0 radical (unpaired) electrons. The Morgan fingerprint density at radius 1 is 0.281 bits per heavy atom. The van der Waals surface area contributed by atoms with Crippen LogP contribution in [0, 0.1) is 0 Å². The minimum Gasteiger partial charge on any atom is -0.458 e. The highest BCUT2D eigenvalue weighted by Crippen LogP contribution is 2.44. The highest BCUT2D eigenvalue weighted by Gasteiger charge is 2.48. The SMILES string of the molecule is c1ccc(N2c3cc4c(cc3B3c5cc6c(cc5Oc5cccc2c53)Oc2cccc3c2B6c2ccccc2O3)B2c3ccccc3Oc3cccc(c32)O4)cc1. The zero-order valence-electron chi connectivity index (χ0n) is 30.2. The van der Waals surface area contributed by atoms with Crippen LogP contribution in [0.2, 0.25) is 0 Å². The molecule has 8 aromatic carbocycles. The molecule has 0 saturated carbocycles. The fourth-order valence-electron chi connectivity index (χ4n) is 10.3. The standard InChI is InChI=1S/C48H26B3NO5/c1-2-11-27(12-3-1)52-34-15-8-18-38-46(34)51(30-23-31-43(25-35(30)52)56-41-21-9-19-39-47(41)49(31)28-13-4-6-16-36(28)53-39)33-24-32-44(26-45(33)55-38)57-42-22-10-20-40-48(42)50(32)29-14-5-7-17-37(29)54-40/h1-26H. The van der Waals surface area contributed by atoms with Gasteiger partial charge in [-0.25, -0.2) is 0 Å². The lowest BCUT2D eigenvalue weighted by atomic mass is 9.30. The van der Waals surface area contributed by atoms with Gasteiger partial charge in [0.25, 0.3) is 20.1 Å². The lowest BCUT2D eigenvalue weighted by molar-refractivity contribution is 0.456. The van der Waals surface area contributed by atoms with Crippen LogP contribution in [0.1, 0.15) is 0 Å². The minimum absolute atomic E-state index is 0.0677. The topological polar surface area (TPSA) is 49.4 Å². The predicted molar refractivity (Wildman–Crippen MR) is 228 cm³/mol. The van der Waals surface area contributed by atoms with E-state index in [-0.39, 0.29) is 20.1 Å². The third-order valence-corrected chi connectivity index (χ3v) is 12.6. The fraction of sp³-hybridized carbons (Fsp3) is 0. The Hall–Kier alpha value is -7.25. The molecule has 0 unspecified atom stereocenters. The normalized spacial score (nSPS) is 14.5. The van der Waals surface area contributed by atoms with Gasteiger partial charge in [-0.3, -0.25) is 0 Å². The molecule has 9 heteroatoms. The van der Waals surface area contributed by atoms with Crippen LogP contribution in [-0.4, -0.2) is 20.1 Å². The van der Waals surface area contributed by atoms with E-state index >= 15 is 0 Å². The van der Waals surface area contributed by atoms with Gasteiger partial charge in [0.2, 0.25) is 0 Å². The zero-order chi connectivity index (χ0) is 36.9. The Labute approximate surface area is 329 Å². The van der Waals surface area contributed by atoms with E-state index in [1.54, 1.807) is 0 Å². The first-order valence-electron chi connectivity index (χ1n) is 19.4. The van der Waals surface area contributed by atoms with Gasteiger partial charge in [-0.15, -0.1) is 0 Å². The molecular weight excluding hydrogens is 703 g/mol. The van der Waals surface area contributed by atoms with Crippen molar-refractivity contribution in [3.8, 4) is 57.5 Å². The van der Waals surface area contributed by atoms with E-state index in [1.165, 1.54) is 5.46 Å². The number of para-hydroxylation sites is 3. The predicted octanol–water partition coefficient (Wildman–Crippen LogP) is 5.55. The second kappa shape index (κ2) is 10.7. The smallest absolute Gasteiger partial charge is 0.260 e. The van der Waals surface area contributed by atoms with Crippen molar-refractivity contribution in [2.24, 2.45) is 0 Å². The first kappa shape index (κ1) is 30.0. The van der Waals surface area contributed by atoms with Gasteiger partial charge in [-0.2, -0.15) is 0 Å². The molecule has 0 N–H and O–H groups in total. The second-order valence-corrected chi connectivity index (χ2v) is 15.5. The summed E-state index contributed by atoms with van der Waals surface area (Å²) >= 11 is 0. The highest BCUT2D eigenvalue weighted by molar-refractivity contribution is 7.03. The van der Waals surface area contributed by atoms with Crippen molar-refractivity contribution in [1.29, 1.82) is 0 Å². The number of rotatable bonds is 1. The number of hydrogen-bond donors (Lipinski definition) is 0. The summed E-state index contributed by atoms with van der Waals surface area (Å²) in [6.07, 6.45) is 0. The summed E-state index contributed by atoms with van der Waals surface area (Å²) in [5.41, 5.74) is 13.2. The van der Waals surface area contributed by atoms with Crippen LogP contribution in [0.4, 0.5) is 17.1 Å². The van der Waals surface area contributed by atoms with E-state index < -0.39 is 0 Å². The third kappa shape index (κ3) is 3.93. The van der Waals surface area contributed by atoms with E-state index in [1.807, 2.05) is 42.5 Å². The quantitative estimate of drug-likeness (QED) is 0.207. The van der Waals surface area contributed by atoms with Gasteiger partial charge >= 0.3 is 0 Å². The van der Waals surface area contributed by atoms with Gasteiger partial charge in [-0.1, -0.05) is 84.9 Å². The van der Waals surface area contributed by atoms with Gasteiger partial charge < -0.3 is 28.6 Å². The number of nitrogens with zero attached hydrogens (tertiary/aromatic N) is 1. The molecule has 0 saturated heterocycles. The molecule has 0 bridgehead atoms. The summed E-state index contributed by atoms with van der Waals surface area (Å²) < 4.78 is 33.5. The average molecular weight is 729 g/mol. The van der Waals surface area contributed by atoms with Crippen LogP contribution in [0.15, 0.2) is 158 Å². The molecule has 6 aliphatic heterocycles. The molecule has 0 aromatic heterocycles. The van der Waals surface area contributed by atoms with E-state index in [4.69, 9.17) is 23.7 Å². The maximum absolute atomic E-state index is 6.95. The number of hydrogen-bond acceptors (Lipinski definition) is 6. The lowest BCUT2D eigenvalue weighted by Gasteiger charge is -2.42. The number of benzene rings is 8. The van der Waals surface area contributed by atoms with E-state index in [2.05, 4.69) is 120 Å². The van der Waals surface area contributed by atoms with Crippen molar-refractivity contribution in [1.82, 2.24) is 0 Å².